The zero-order valence-electron chi connectivity index (χ0n) is 18.3. The molecule has 2 heterocycles. The highest BCUT2D eigenvalue weighted by Crippen LogP contribution is 2.17. The summed E-state index contributed by atoms with van der Waals surface area (Å²) in [5, 5.41) is 6.74. The Kier molecular flexibility index (Phi) is 14.0. The number of pyridine rings is 1. The molecule has 0 bridgehead atoms. The number of halogens is 1. The van der Waals surface area contributed by atoms with Gasteiger partial charge in [0, 0.05) is 66.2 Å². The van der Waals surface area contributed by atoms with Crippen LogP contribution in [-0.4, -0.2) is 76.4 Å². The Morgan fingerprint density at radius 3 is 2.55 bits per heavy atom. The van der Waals surface area contributed by atoms with Gasteiger partial charge in [0.1, 0.15) is 5.82 Å². The van der Waals surface area contributed by atoms with Crippen molar-refractivity contribution in [2.45, 2.75) is 38.6 Å². The Morgan fingerprint density at radius 1 is 1.17 bits per heavy atom. The minimum atomic E-state index is 0. The Labute approximate surface area is 193 Å². The lowest BCUT2D eigenvalue weighted by molar-refractivity contribution is 0.180. The summed E-state index contributed by atoms with van der Waals surface area (Å²) in [4.78, 5) is 13.7. The van der Waals surface area contributed by atoms with E-state index in [-0.39, 0.29) is 24.0 Å². The molecule has 0 atom stereocenters. The van der Waals surface area contributed by atoms with Crippen molar-refractivity contribution in [3.05, 3.63) is 23.9 Å². The van der Waals surface area contributed by atoms with Crippen LogP contribution < -0.4 is 15.5 Å². The molecule has 29 heavy (non-hydrogen) atoms. The summed E-state index contributed by atoms with van der Waals surface area (Å²) < 4.78 is 5.09. The van der Waals surface area contributed by atoms with Crippen molar-refractivity contribution in [2.24, 2.45) is 4.99 Å². The van der Waals surface area contributed by atoms with Crippen LogP contribution in [0.1, 0.15) is 37.7 Å². The lowest BCUT2D eigenvalue weighted by atomic mass is 10.2. The van der Waals surface area contributed by atoms with Crippen LogP contribution in [0.2, 0.25) is 0 Å². The summed E-state index contributed by atoms with van der Waals surface area (Å²) in [7, 11) is 5.68. The topological polar surface area (TPSA) is 65.0 Å². The van der Waals surface area contributed by atoms with Crippen molar-refractivity contribution in [1.82, 2.24) is 20.5 Å². The molecule has 2 rings (SSSR count). The Balaban J connectivity index is 0.00000420. The summed E-state index contributed by atoms with van der Waals surface area (Å²) in [6, 6.07) is 4.31. The third-order valence-electron chi connectivity index (χ3n) is 5.10. The molecule has 1 aliphatic heterocycles. The van der Waals surface area contributed by atoms with E-state index in [1.165, 1.54) is 31.2 Å². The fourth-order valence-electron chi connectivity index (χ4n) is 3.37. The summed E-state index contributed by atoms with van der Waals surface area (Å²) >= 11 is 0. The minimum Gasteiger partial charge on any atom is -0.385 e. The summed E-state index contributed by atoms with van der Waals surface area (Å²) in [6.07, 6.45) is 8.26. The second-order valence-corrected chi connectivity index (χ2v) is 7.43. The van der Waals surface area contributed by atoms with Gasteiger partial charge < -0.3 is 25.2 Å². The van der Waals surface area contributed by atoms with E-state index in [0.717, 1.165) is 64.1 Å². The van der Waals surface area contributed by atoms with E-state index in [0.29, 0.717) is 0 Å². The molecule has 1 aliphatic rings. The van der Waals surface area contributed by atoms with Gasteiger partial charge in [-0.2, -0.15) is 0 Å². The maximum atomic E-state index is 5.09. The summed E-state index contributed by atoms with van der Waals surface area (Å²) in [6.45, 7) is 6.65. The first-order chi connectivity index (χ1) is 13.7. The van der Waals surface area contributed by atoms with Gasteiger partial charge in [-0.3, -0.25) is 4.99 Å². The van der Waals surface area contributed by atoms with Gasteiger partial charge in [0.2, 0.25) is 0 Å². The fraction of sp³-hybridized carbons (Fsp3) is 0.714. The van der Waals surface area contributed by atoms with Crippen LogP contribution in [0.25, 0.3) is 0 Å². The van der Waals surface area contributed by atoms with Crippen molar-refractivity contribution >= 4 is 35.8 Å². The standard InChI is InChI=1S/C21H38N6O.HI/c1-22-21(23-11-15-26(2)12-8-16-28-3)25-18-19-9-10-20(24-17-19)27-13-6-4-5-7-14-27;/h9-10,17H,4-8,11-16,18H2,1-3H3,(H2,22,23,25);1H. The van der Waals surface area contributed by atoms with Gasteiger partial charge in [0.25, 0.3) is 0 Å². The smallest absolute Gasteiger partial charge is 0.191 e. The van der Waals surface area contributed by atoms with E-state index >= 15 is 0 Å². The number of nitrogens with zero attached hydrogens (tertiary/aromatic N) is 4. The molecule has 8 heteroatoms. The highest BCUT2D eigenvalue weighted by atomic mass is 127. The molecule has 0 radical (unpaired) electrons. The van der Waals surface area contributed by atoms with Gasteiger partial charge in [0.05, 0.1) is 0 Å². The summed E-state index contributed by atoms with van der Waals surface area (Å²) in [5.41, 5.74) is 1.17. The number of methoxy groups -OCH3 is 1. The monoisotopic (exact) mass is 518 g/mol. The Morgan fingerprint density at radius 2 is 1.93 bits per heavy atom. The number of ether oxygens (including phenoxy) is 1. The number of rotatable bonds is 10. The Bertz CT molecular complexity index is 561. The molecule has 0 aromatic carbocycles. The molecular formula is C21H39IN6O. The number of guanidine groups is 1. The molecule has 0 spiro atoms. The van der Waals surface area contributed by atoms with Crippen molar-refractivity contribution in [2.75, 3.05) is 65.4 Å². The second-order valence-electron chi connectivity index (χ2n) is 7.43. The molecule has 166 valence electrons. The molecule has 7 nitrogen and oxygen atoms in total. The number of hydrogen-bond donors (Lipinski definition) is 2. The average molecular weight is 518 g/mol. The number of aromatic nitrogens is 1. The van der Waals surface area contributed by atoms with Crippen LogP contribution in [0.5, 0.6) is 0 Å². The SMILES string of the molecule is CN=C(NCCN(C)CCCOC)NCc1ccc(N2CCCCCC2)nc1.I. The molecule has 1 saturated heterocycles. The third kappa shape index (κ3) is 10.5. The van der Waals surface area contributed by atoms with E-state index in [9.17, 15) is 0 Å². The van der Waals surface area contributed by atoms with E-state index in [1.807, 2.05) is 6.20 Å². The molecule has 0 amide bonds. The molecule has 2 N–H and O–H groups in total. The zero-order valence-corrected chi connectivity index (χ0v) is 20.7. The van der Waals surface area contributed by atoms with E-state index < -0.39 is 0 Å². The molecule has 0 unspecified atom stereocenters. The number of anilines is 1. The number of nitrogens with one attached hydrogen (secondary N) is 2. The molecule has 1 fully saturated rings. The van der Waals surface area contributed by atoms with Crippen molar-refractivity contribution in [3.63, 3.8) is 0 Å². The lowest BCUT2D eigenvalue weighted by Crippen LogP contribution is -2.40. The van der Waals surface area contributed by atoms with Crippen molar-refractivity contribution in [3.8, 4) is 0 Å². The van der Waals surface area contributed by atoms with Crippen LogP contribution in [0.4, 0.5) is 5.82 Å². The first-order valence-electron chi connectivity index (χ1n) is 10.5. The first-order valence-corrected chi connectivity index (χ1v) is 10.5. The van der Waals surface area contributed by atoms with E-state index in [4.69, 9.17) is 4.74 Å². The van der Waals surface area contributed by atoms with Gasteiger partial charge in [0.15, 0.2) is 5.96 Å². The largest absolute Gasteiger partial charge is 0.385 e. The molecule has 1 aromatic rings. The van der Waals surface area contributed by atoms with Gasteiger partial charge >= 0.3 is 0 Å². The van der Waals surface area contributed by atoms with Crippen LogP contribution in [0, 0.1) is 0 Å². The average Bonchev–Trinajstić information content (AvgIpc) is 3.01. The maximum absolute atomic E-state index is 5.09. The minimum absolute atomic E-state index is 0. The highest BCUT2D eigenvalue weighted by Gasteiger charge is 2.10. The highest BCUT2D eigenvalue weighted by molar-refractivity contribution is 14.0. The number of aliphatic imine (C=N–C) groups is 1. The van der Waals surface area contributed by atoms with Gasteiger partial charge in [-0.1, -0.05) is 18.9 Å². The molecular weight excluding hydrogens is 479 g/mol. The lowest BCUT2D eigenvalue weighted by Gasteiger charge is -2.21. The molecule has 1 aromatic heterocycles. The van der Waals surface area contributed by atoms with Gasteiger partial charge in [-0.15, -0.1) is 24.0 Å². The van der Waals surface area contributed by atoms with Gasteiger partial charge in [-0.25, -0.2) is 4.98 Å². The maximum Gasteiger partial charge on any atom is 0.191 e. The normalized spacial score (nSPS) is 15.0. The second kappa shape index (κ2) is 15.7. The number of likely N-dealkylation sites (N-methyl/N-ethyl adjacent to an activating group) is 1. The van der Waals surface area contributed by atoms with Crippen molar-refractivity contribution in [1.29, 1.82) is 0 Å². The predicted molar refractivity (Wildman–Crippen MR) is 133 cm³/mol. The molecule has 0 aliphatic carbocycles. The van der Waals surface area contributed by atoms with Crippen LogP contribution >= 0.6 is 24.0 Å². The number of hydrogen-bond acceptors (Lipinski definition) is 5. The fourth-order valence-corrected chi connectivity index (χ4v) is 3.37. The van der Waals surface area contributed by atoms with Crippen molar-refractivity contribution < 1.29 is 4.74 Å². The quantitative estimate of drug-likeness (QED) is 0.215. The first kappa shape index (κ1) is 25.9. The van der Waals surface area contributed by atoms with Crippen LogP contribution in [0.15, 0.2) is 23.3 Å². The third-order valence-corrected chi connectivity index (χ3v) is 5.10. The van der Waals surface area contributed by atoms with E-state index in [1.54, 1.807) is 14.2 Å². The summed E-state index contributed by atoms with van der Waals surface area (Å²) in [5.74, 6) is 1.92. The predicted octanol–water partition coefficient (Wildman–Crippen LogP) is 2.71. The Hall–Kier alpha value is -1.13. The van der Waals surface area contributed by atoms with Crippen LogP contribution in [0.3, 0.4) is 0 Å². The molecule has 0 saturated carbocycles. The zero-order chi connectivity index (χ0) is 20.0. The van der Waals surface area contributed by atoms with E-state index in [2.05, 4.69) is 49.6 Å². The van der Waals surface area contributed by atoms with Gasteiger partial charge in [-0.05, 0) is 37.9 Å². The van der Waals surface area contributed by atoms with Crippen LogP contribution in [-0.2, 0) is 11.3 Å².